The van der Waals surface area contributed by atoms with Gasteiger partial charge in [0, 0.05) is 49.9 Å². The number of hydrogen-bond acceptors (Lipinski definition) is 7. The number of carbonyl (C=O) groups is 2. The Morgan fingerprint density at radius 1 is 1.21 bits per heavy atom. The molecule has 1 aromatic carbocycles. The van der Waals surface area contributed by atoms with Crippen molar-refractivity contribution in [3.8, 4) is 0 Å². The van der Waals surface area contributed by atoms with Gasteiger partial charge in [-0.25, -0.2) is 14.2 Å². The van der Waals surface area contributed by atoms with Gasteiger partial charge in [-0.1, -0.05) is 18.2 Å². The van der Waals surface area contributed by atoms with Gasteiger partial charge < -0.3 is 26.0 Å². The smallest absolute Gasteiger partial charge is 0.345 e. The van der Waals surface area contributed by atoms with E-state index < -0.39 is 11.8 Å². The van der Waals surface area contributed by atoms with E-state index >= 15 is 0 Å². The third-order valence-electron chi connectivity index (χ3n) is 4.98. The average molecular weight is 492 g/mol. The van der Waals surface area contributed by atoms with Crippen LogP contribution in [0, 0.1) is 5.82 Å². The van der Waals surface area contributed by atoms with Crippen molar-refractivity contribution in [2.75, 3.05) is 31.5 Å². The summed E-state index contributed by atoms with van der Waals surface area (Å²) in [5, 5.41) is 12.2. The number of halogens is 2. The van der Waals surface area contributed by atoms with Crippen molar-refractivity contribution in [1.29, 1.82) is 0 Å². The van der Waals surface area contributed by atoms with Crippen LogP contribution in [0.3, 0.4) is 0 Å². The molecule has 0 aliphatic carbocycles. The Bertz CT molecular complexity index is 1140. The normalized spacial score (nSPS) is 14.9. The van der Waals surface area contributed by atoms with Crippen molar-refractivity contribution in [3.05, 3.63) is 69.1 Å². The first-order valence-corrected chi connectivity index (χ1v) is 11.1. The molecule has 4 N–H and O–H groups in total. The summed E-state index contributed by atoms with van der Waals surface area (Å²) in [7, 11) is 0. The van der Waals surface area contributed by atoms with Crippen molar-refractivity contribution >= 4 is 52.3 Å². The maximum absolute atomic E-state index is 13.4. The molecule has 2 heterocycles. The number of thiophene rings is 1. The van der Waals surface area contributed by atoms with Gasteiger partial charge in [0.25, 0.3) is 0 Å². The van der Waals surface area contributed by atoms with Crippen LogP contribution in [0.2, 0.25) is 5.02 Å². The van der Waals surface area contributed by atoms with Crippen LogP contribution in [0.5, 0.6) is 0 Å². The first-order valence-electron chi connectivity index (χ1n) is 9.94. The number of anilines is 1. The molecule has 11 heteroatoms. The van der Waals surface area contributed by atoms with E-state index in [0.717, 1.165) is 11.3 Å². The monoisotopic (exact) mass is 491 g/mol. The van der Waals surface area contributed by atoms with Crippen LogP contribution < -0.4 is 11.1 Å². The van der Waals surface area contributed by atoms with E-state index in [1.807, 2.05) is 4.90 Å². The van der Waals surface area contributed by atoms with Gasteiger partial charge in [0.15, 0.2) is 0 Å². The minimum atomic E-state index is -1.03. The summed E-state index contributed by atoms with van der Waals surface area (Å²) < 4.78 is 13.4. The average Bonchev–Trinajstić information content (AvgIpc) is 3.27. The van der Waals surface area contributed by atoms with Gasteiger partial charge in [-0.05, 0) is 30.3 Å². The number of piperazine rings is 1. The van der Waals surface area contributed by atoms with E-state index in [1.54, 1.807) is 11.0 Å². The van der Waals surface area contributed by atoms with Gasteiger partial charge in [0.1, 0.15) is 22.3 Å². The second-order valence-electron chi connectivity index (χ2n) is 7.22. The van der Waals surface area contributed by atoms with Crippen molar-refractivity contribution in [1.82, 2.24) is 9.80 Å². The molecule has 33 heavy (non-hydrogen) atoms. The van der Waals surface area contributed by atoms with Crippen LogP contribution in [0.15, 0.2) is 53.5 Å². The predicted molar refractivity (Wildman–Crippen MR) is 129 cm³/mol. The van der Waals surface area contributed by atoms with Gasteiger partial charge in [-0.2, -0.15) is 0 Å². The highest BCUT2D eigenvalue weighted by atomic mass is 35.5. The fraction of sp³-hybridized carbons (Fsp3) is 0.227. The Morgan fingerprint density at radius 3 is 2.42 bits per heavy atom. The van der Waals surface area contributed by atoms with Crippen molar-refractivity contribution in [2.24, 2.45) is 10.7 Å². The van der Waals surface area contributed by atoms with Crippen molar-refractivity contribution in [2.45, 2.75) is 6.92 Å². The minimum Gasteiger partial charge on any atom is -0.477 e. The van der Waals surface area contributed by atoms with Gasteiger partial charge >= 0.3 is 5.97 Å². The van der Waals surface area contributed by atoms with Gasteiger partial charge in [0.2, 0.25) is 5.91 Å². The third-order valence-corrected chi connectivity index (χ3v) is 6.38. The maximum atomic E-state index is 13.4. The molecule has 0 atom stereocenters. The Hall–Kier alpha value is -3.37. The number of carboxylic acid groups (broad SMARTS) is 1. The molecule has 1 fully saturated rings. The highest BCUT2D eigenvalue weighted by Gasteiger charge is 2.22. The Balaban J connectivity index is 1.85. The number of nitrogens with zero attached hydrogens (tertiary/aromatic N) is 3. The first kappa shape index (κ1) is 24.3. The van der Waals surface area contributed by atoms with Gasteiger partial charge in [-0.15, -0.1) is 11.3 Å². The maximum Gasteiger partial charge on any atom is 0.345 e. The number of nitrogens with one attached hydrogen (secondary N) is 1. The number of nitrogens with two attached hydrogens (primary N) is 1. The van der Waals surface area contributed by atoms with E-state index in [4.69, 9.17) is 17.3 Å². The SMILES string of the molecule is C=C(/N=C\C(=C(/N)N1CCN(C(C)=O)CC1)c1ccc(C(=O)O)s1)Nc1ccc(F)c(Cl)c1. The summed E-state index contributed by atoms with van der Waals surface area (Å²) in [6.07, 6.45) is 1.50. The molecule has 1 aromatic heterocycles. The van der Waals surface area contributed by atoms with E-state index in [0.29, 0.717) is 48.1 Å². The van der Waals surface area contributed by atoms with E-state index in [2.05, 4.69) is 16.9 Å². The molecular weight excluding hydrogens is 469 g/mol. The summed E-state index contributed by atoms with van der Waals surface area (Å²) in [4.78, 5) is 31.7. The van der Waals surface area contributed by atoms with Gasteiger partial charge in [-0.3, -0.25) is 4.79 Å². The van der Waals surface area contributed by atoms with E-state index in [9.17, 15) is 19.1 Å². The molecule has 2 aromatic rings. The van der Waals surface area contributed by atoms with Crippen molar-refractivity contribution in [3.63, 3.8) is 0 Å². The summed E-state index contributed by atoms with van der Waals surface area (Å²) in [6, 6.07) is 7.31. The molecule has 1 amide bonds. The largest absolute Gasteiger partial charge is 0.477 e. The van der Waals surface area contributed by atoms with Crippen LogP contribution in [-0.2, 0) is 4.79 Å². The molecule has 174 valence electrons. The van der Waals surface area contributed by atoms with Crippen LogP contribution in [0.25, 0.3) is 5.57 Å². The molecule has 0 unspecified atom stereocenters. The number of carboxylic acids is 1. The summed E-state index contributed by atoms with van der Waals surface area (Å²) in [6.45, 7) is 7.51. The third kappa shape index (κ3) is 6.11. The number of allylic oxidation sites excluding steroid dienone is 1. The minimum absolute atomic E-state index is 0.00612. The fourth-order valence-electron chi connectivity index (χ4n) is 3.20. The molecule has 0 spiro atoms. The van der Waals surface area contributed by atoms with Crippen LogP contribution in [-0.4, -0.2) is 59.2 Å². The van der Waals surface area contributed by atoms with Crippen LogP contribution in [0.4, 0.5) is 10.1 Å². The lowest BCUT2D eigenvalue weighted by Crippen LogP contribution is -2.48. The zero-order chi connectivity index (χ0) is 24.1. The number of benzene rings is 1. The lowest BCUT2D eigenvalue weighted by molar-refractivity contribution is -0.130. The topological polar surface area (TPSA) is 111 Å². The zero-order valence-corrected chi connectivity index (χ0v) is 19.4. The molecule has 8 nitrogen and oxygen atoms in total. The number of amides is 1. The van der Waals surface area contributed by atoms with Gasteiger partial charge in [0.05, 0.1) is 10.6 Å². The highest BCUT2D eigenvalue weighted by Crippen LogP contribution is 2.27. The summed E-state index contributed by atoms with van der Waals surface area (Å²) in [5.74, 6) is -0.897. The quantitative estimate of drug-likeness (QED) is 0.509. The number of aliphatic imine (C=N–C) groups is 1. The second-order valence-corrected chi connectivity index (χ2v) is 8.71. The van der Waals surface area contributed by atoms with Crippen molar-refractivity contribution < 1.29 is 19.1 Å². The molecular formula is C22H23ClFN5O3S. The lowest BCUT2D eigenvalue weighted by atomic mass is 10.2. The number of aromatic carboxylic acids is 1. The Labute approximate surface area is 199 Å². The number of hydrogen-bond donors (Lipinski definition) is 3. The molecule has 0 bridgehead atoms. The Kier molecular flexibility index (Phi) is 7.72. The van der Waals surface area contributed by atoms with Crippen LogP contribution in [0.1, 0.15) is 21.5 Å². The van der Waals surface area contributed by atoms with E-state index in [1.165, 1.54) is 37.4 Å². The molecule has 1 aliphatic heterocycles. The molecule has 3 rings (SSSR count). The van der Waals surface area contributed by atoms with E-state index in [-0.39, 0.29) is 21.6 Å². The fourth-order valence-corrected chi connectivity index (χ4v) is 4.25. The zero-order valence-electron chi connectivity index (χ0n) is 17.8. The summed E-state index contributed by atoms with van der Waals surface area (Å²) in [5.41, 5.74) is 7.51. The standard InChI is InChI=1S/C22H23ClFN5O3S/c1-13(27-15-3-4-18(24)17(23)11-15)26-12-16(19-5-6-20(33-19)22(31)32)21(25)29-9-7-28(8-10-29)14(2)30/h3-6,11-12,27H,1,7-10,25H2,2H3,(H,31,32)/b21-16-,26-12-. The predicted octanol–water partition coefficient (Wildman–Crippen LogP) is 3.68. The molecule has 0 radical (unpaired) electrons. The second kappa shape index (κ2) is 10.5. The Morgan fingerprint density at radius 2 is 1.85 bits per heavy atom. The number of rotatable bonds is 7. The van der Waals surface area contributed by atoms with Crippen LogP contribution >= 0.6 is 22.9 Å². The lowest BCUT2D eigenvalue weighted by Gasteiger charge is -2.36. The molecule has 1 aliphatic rings. The molecule has 1 saturated heterocycles. The summed E-state index contributed by atoms with van der Waals surface area (Å²) >= 11 is 6.88. The molecule has 0 saturated carbocycles. The number of carbonyl (C=O) groups excluding carboxylic acids is 1. The highest BCUT2D eigenvalue weighted by molar-refractivity contribution is 7.15. The first-order chi connectivity index (χ1) is 15.7.